The van der Waals surface area contributed by atoms with Crippen LogP contribution >= 0.6 is 11.6 Å². The number of piperidine rings is 1. The first-order valence-electron chi connectivity index (χ1n) is 8.63. The molecule has 1 aliphatic rings. The lowest BCUT2D eigenvalue weighted by Crippen LogP contribution is -2.38. The van der Waals surface area contributed by atoms with Crippen molar-refractivity contribution in [2.75, 3.05) is 13.1 Å². The Balaban J connectivity index is 1.50. The van der Waals surface area contributed by atoms with Crippen molar-refractivity contribution in [3.8, 4) is 11.5 Å². The van der Waals surface area contributed by atoms with Crippen molar-refractivity contribution in [1.29, 1.82) is 0 Å². The Labute approximate surface area is 162 Å². The minimum absolute atomic E-state index is 0.0584. The van der Waals surface area contributed by atoms with Gasteiger partial charge in [-0.3, -0.25) is 9.36 Å². The van der Waals surface area contributed by atoms with E-state index >= 15 is 0 Å². The summed E-state index contributed by atoms with van der Waals surface area (Å²) in [6, 6.07) is 5.76. The average molecular weight is 410 g/mol. The van der Waals surface area contributed by atoms with Crippen LogP contribution in [0.5, 0.6) is 0 Å². The maximum absolute atomic E-state index is 12.8. The molecule has 0 aliphatic carbocycles. The minimum Gasteiger partial charge on any atom is -0.463 e. The standard InChI is InChI=1S/C17H20ClN5O3S/c1-21-14(15-4-3-9-26-15)10-13(20-21)12-5-7-23(8-6-12)27(24,25)16-11-19-22(2)17(16)18/h3-4,9-12H,5-8H2,1-2H3. The van der Waals surface area contributed by atoms with E-state index in [1.165, 1.54) is 15.2 Å². The molecule has 4 rings (SSSR count). The van der Waals surface area contributed by atoms with Crippen molar-refractivity contribution < 1.29 is 12.8 Å². The molecule has 0 bridgehead atoms. The molecule has 0 amide bonds. The number of hydrogen-bond donors (Lipinski definition) is 0. The lowest BCUT2D eigenvalue weighted by molar-refractivity contribution is 0.316. The Kier molecular flexibility index (Phi) is 4.61. The molecule has 0 spiro atoms. The van der Waals surface area contributed by atoms with Gasteiger partial charge in [-0.15, -0.1) is 0 Å². The molecule has 27 heavy (non-hydrogen) atoms. The molecule has 0 N–H and O–H groups in total. The highest BCUT2D eigenvalue weighted by atomic mass is 35.5. The number of sulfonamides is 1. The van der Waals surface area contributed by atoms with Gasteiger partial charge in [-0.2, -0.15) is 14.5 Å². The molecular weight excluding hydrogens is 390 g/mol. The monoisotopic (exact) mass is 409 g/mol. The van der Waals surface area contributed by atoms with Gasteiger partial charge in [0, 0.05) is 33.1 Å². The van der Waals surface area contributed by atoms with Crippen LogP contribution in [0.2, 0.25) is 5.15 Å². The van der Waals surface area contributed by atoms with Crippen molar-refractivity contribution in [2.45, 2.75) is 23.7 Å². The number of halogens is 1. The Hall–Kier alpha value is -2.10. The van der Waals surface area contributed by atoms with Crippen molar-refractivity contribution in [3.05, 3.63) is 41.5 Å². The van der Waals surface area contributed by atoms with E-state index in [0.29, 0.717) is 25.9 Å². The lowest BCUT2D eigenvalue weighted by Gasteiger charge is -2.30. The average Bonchev–Trinajstić information content (AvgIpc) is 3.37. The minimum atomic E-state index is -3.64. The van der Waals surface area contributed by atoms with Gasteiger partial charge in [-0.1, -0.05) is 11.6 Å². The lowest BCUT2D eigenvalue weighted by atomic mass is 9.94. The second kappa shape index (κ2) is 6.81. The number of nitrogens with zero attached hydrogens (tertiary/aromatic N) is 5. The van der Waals surface area contributed by atoms with Gasteiger partial charge in [0.25, 0.3) is 0 Å². The van der Waals surface area contributed by atoms with Gasteiger partial charge in [0.05, 0.1) is 18.2 Å². The van der Waals surface area contributed by atoms with E-state index < -0.39 is 10.0 Å². The third kappa shape index (κ3) is 3.19. The summed E-state index contributed by atoms with van der Waals surface area (Å²) in [5.41, 5.74) is 1.87. The summed E-state index contributed by atoms with van der Waals surface area (Å²) in [5, 5.41) is 8.67. The van der Waals surface area contributed by atoms with E-state index in [9.17, 15) is 8.42 Å². The summed E-state index contributed by atoms with van der Waals surface area (Å²) in [5.74, 6) is 0.971. The third-order valence-corrected chi connectivity index (χ3v) is 7.46. The van der Waals surface area contributed by atoms with Crippen LogP contribution in [0.25, 0.3) is 11.5 Å². The van der Waals surface area contributed by atoms with E-state index in [1.54, 1.807) is 18.0 Å². The highest BCUT2D eigenvalue weighted by molar-refractivity contribution is 7.89. The molecule has 1 fully saturated rings. The molecule has 0 aromatic carbocycles. The van der Waals surface area contributed by atoms with Gasteiger partial charge in [0.15, 0.2) is 5.76 Å². The first-order valence-corrected chi connectivity index (χ1v) is 10.4. The van der Waals surface area contributed by atoms with Gasteiger partial charge < -0.3 is 4.42 Å². The smallest absolute Gasteiger partial charge is 0.247 e. The predicted molar refractivity (Wildman–Crippen MR) is 99.9 cm³/mol. The van der Waals surface area contributed by atoms with E-state index in [-0.39, 0.29) is 16.0 Å². The topological polar surface area (TPSA) is 86.2 Å². The summed E-state index contributed by atoms with van der Waals surface area (Å²) >= 11 is 6.08. The molecule has 0 radical (unpaired) electrons. The largest absolute Gasteiger partial charge is 0.463 e. The Bertz CT molecular complexity index is 1050. The molecule has 0 unspecified atom stereocenters. The van der Waals surface area contributed by atoms with E-state index in [1.807, 2.05) is 25.2 Å². The number of furan rings is 1. The quantitative estimate of drug-likeness (QED) is 0.661. The van der Waals surface area contributed by atoms with Gasteiger partial charge in [0.1, 0.15) is 15.7 Å². The molecule has 3 aromatic rings. The van der Waals surface area contributed by atoms with Crippen LogP contribution in [0.4, 0.5) is 0 Å². The number of aryl methyl sites for hydroxylation is 2. The summed E-state index contributed by atoms with van der Waals surface area (Å²) < 4.78 is 35.8. The van der Waals surface area contributed by atoms with Crippen LogP contribution in [0.3, 0.4) is 0 Å². The molecule has 10 heteroatoms. The summed E-state index contributed by atoms with van der Waals surface area (Å²) in [7, 11) is -0.142. The molecule has 1 saturated heterocycles. The van der Waals surface area contributed by atoms with Gasteiger partial charge >= 0.3 is 0 Å². The Morgan fingerprint density at radius 3 is 2.56 bits per heavy atom. The van der Waals surface area contributed by atoms with Crippen molar-refractivity contribution in [3.63, 3.8) is 0 Å². The van der Waals surface area contributed by atoms with Crippen LogP contribution in [0.15, 0.2) is 40.0 Å². The van der Waals surface area contributed by atoms with Crippen molar-refractivity contribution >= 4 is 21.6 Å². The molecule has 1 aliphatic heterocycles. The van der Waals surface area contributed by atoms with Crippen LogP contribution in [0, 0.1) is 0 Å². The number of rotatable bonds is 4. The predicted octanol–water partition coefficient (Wildman–Crippen LogP) is 2.64. The fourth-order valence-electron chi connectivity index (χ4n) is 3.45. The second-order valence-corrected chi connectivity index (χ2v) is 8.92. The highest BCUT2D eigenvalue weighted by Crippen LogP contribution is 2.33. The van der Waals surface area contributed by atoms with Crippen LogP contribution in [-0.4, -0.2) is 45.4 Å². The van der Waals surface area contributed by atoms with Gasteiger partial charge in [0.2, 0.25) is 10.0 Å². The first-order chi connectivity index (χ1) is 12.9. The Morgan fingerprint density at radius 1 is 1.22 bits per heavy atom. The van der Waals surface area contributed by atoms with E-state index in [0.717, 1.165) is 17.1 Å². The molecular formula is C17H20ClN5O3S. The SMILES string of the molecule is Cn1nc(C2CCN(S(=O)(=O)c3cnn(C)c3Cl)CC2)cc1-c1ccco1. The molecule has 0 saturated carbocycles. The fraction of sp³-hybridized carbons (Fsp3) is 0.412. The normalized spacial score (nSPS) is 16.9. The van der Waals surface area contributed by atoms with Crippen LogP contribution < -0.4 is 0 Å². The molecule has 0 atom stereocenters. The highest BCUT2D eigenvalue weighted by Gasteiger charge is 2.33. The zero-order chi connectivity index (χ0) is 19.2. The molecule has 3 aromatic heterocycles. The van der Waals surface area contributed by atoms with Crippen LogP contribution in [0.1, 0.15) is 24.5 Å². The molecule has 144 valence electrons. The zero-order valence-corrected chi connectivity index (χ0v) is 16.6. The fourth-order valence-corrected chi connectivity index (χ4v) is 5.33. The maximum atomic E-state index is 12.8. The molecule has 8 nitrogen and oxygen atoms in total. The first kappa shape index (κ1) is 18.3. The van der Waals surface area contributed by atoms with E-state index in [4.69, 9.17) is 16.0 Å². The van der Waals surface area contributed by atoms with Gasteiger partial charge in [-0.05, 0) is 31.0 Å². The zero-order valence-electron chi connectivity index (χ0n) is 15.0. The number of hydrogen-bond acceptors (Lipinski definition) is 5. The summed E-state index contributed by atoms with van der Waals surface area (Å²) in [4.78, 5) is 0.0584. The number of aromatic nitrogens is 4. The maximum Gasteiger partial charge on any atom is 0.247 e. The Morgan fingerprint density at radius 2 is 1.96 bits per heavy atom. The third-order valence-electron chi connectivity index (χ3n) is 5.00. The van der Waals surface area contributed by atoms with Gasteiger partial charge in [-0.25, -0.2) is 8.42 Å². The van der Waals surface area contributed by atoms with Crippen LogP contribution in [-0.2, 0) is 24.1 Å². The van der Waals surface area contributed by atoms with E-state index in [2.05, 4.69) is 10.2 Å². The molecule has 4 heterocycles. The van der Waals surface area contributed by atoms with Crippen molar-refractivity contribution in [1.82, 2.24) is 23.9 Å². The second-order valence-electron chi connectivity index (χ2n) is 6.66. The summed E-state index contributed by atoms with van der Waals surface area (Å²) in [6.45, 7) is 0.843. The van der Waals surface area contributed by atoms with Crippen molar-refractivity contribution in [2.24, 2.45) is 14.1 Å². The summed E-state index contributed by atoms with van der Waals surface area (Å²) in [6.07, 6.45) is 4.34.